The fraction of sp³-hybridized carbons (Fsp3) is 0.368. The molecule has 0 atom stereocenters. The van der Waals surface area contributed by atoms with Gasteiger partial charge in [0.05, 0.1) is 16.3 Å². The Hall–Kier alpha value is -1.89. The minimum absolute atomic E-state index is 0.128. The highest BCUT2D eigenvalue weighted by Gasteiger charge is 2.23. The van der Waals surface area contributed by atoms with E-state index in [0.29, 0.717) is 5.02 Å². The summed E-state index contributed by atoms with van der Waals surface area (Å²) in [5, 5.41) is 6.38. The van der Waals surface area contributed by atoms with Crippen molar-refractivity contribution in [2.75, 3.05) is 33.2 Å². The number of fused-ring (bicyclic) bond motifs is 1. The van der Waals surface area contributed by atoms with Crippen LogP contribution in [0.4, 0.5) is 0 Å². The highest BCUT2D eigenvalue weighted by molar-refractivity contribution is 7.20. The summed E-state index contributed by atoms with van der Waals surface area (Å²) in [5.41, 5.74) is 1.88. The molecule has 0 aliphatic carbocycles. The summed E-state index contributed by atoms with van der Waals surface area (Å²) in [4.78, 5) is 19.0. The fourth-order valence-corrected chi connectivity index (χ4v) is 4.59. The van der Waals surface area contributed by atoms with Gasteiger partial charge in [-0.25, -0.2) is 4.68 Å². The maximum absolute atomic E-state index is 13.0. The number of carbonyl (C=O) groups is 1. The second-order valence-corrected chi connectivity index (χ2v) is 8.22. The zero-order valence-electron chi connectivity index (χ0n) is 14.9. The van der Waals surface area contributed by atoms with Gasteiger partial charge in [0.1, 0.15) is 4.83 Å². The molecule has 1 aliphatic heterocycles. The normalized spacial score (nSPS) is 16.2. The number of halogens is 1. The molecule has 5 nitrogen and oxygen atoms in total. The van der Waals surface area contributed by atoms with Crippen molar-refractivity contribution in [2.45, 2.75) is 13.3 Å². The van der Waals surface area contributed by atoms with Crippen LogP contribution in [-0.4, -0.2) is 58.7 Å². The van der Waals surface area contributed by atoms with E-state index in [2.05, 4.69) is 17.0 Å². The van der Waals surface area contributed by atoms with Crippen LogP contribution in [0, 0.1) is 6.92 Å². The predicted molar refractivity (Wildman–Crippen MR) is 107 cm³/mol. The van der Waals surface area contributed by atoms with Gasteiger partial charge in [-0.2, -0.15) is 5.10 Å². The molecular weight excluding hydrogens is 368 g/mol. The van der Waals surface area contributed by atoms with Gasteiger partial charge in [0.2, 0.25) is 0 Å². The van der Waals surface area contributed by atoms with E-state index >= 15 is 0 Å². The second kappa shape index (κ2) is 7.02. The largest absolute Gasteiger partial charge is 0.337 e. The maximum atomic E-state index is 13.0. The molecule has 26 heavy (non-hydrogen) atoms. The Bertz CT molecular complexity index is 947. The number of aromatic nitrogens is 2. The lowest BCUT2D eigenvalue weighted by atomic mass is 10.3. The number of aryl methyl sites for hydroxylation is 1. The van der Waals surface area contributed by atoms with E-state index in [1.807, 2.05) is 46.8 Å². The third-order valence-corrected chi connectivity index (χ3v) is 6.18. The number of likely N-dealkylation sites (N-methyl/N-ethyl adjacent to an activating group) is 1. The highest BCUT2D eigenvalue weighted by atomic mass is 35.5. The monoisotopic (exact) mass is 388 g/mol. The van der Waals surface area contributed by atoms with E-state index in [1.165, 1.54) is 11.3 Å². The lowest BCUT2D eigenvalue weighted by Gasteiger charge is -2.19. The number of nitrogens with zero attached hydrogens (tertiary/aromatic N) is 4. The molecule has 7 heteroatoms. The van der Waals surface area contributed by atoms with Crippen LogP contribution in [0.15, 0.2) is 30.3 Å². The van der Waals surface area contributed by atoms with Crippen LogP contribution in [0.2, 0.25) is 5.02 Å². The SMILES string of the molecule is Cc1nn(-c2ccc(Cl)cc2)c2sc(C(=O)N3CCCN(C)CC3)cc12. The van der Waals surface area contributed by atoms with Crippen LogP contribution in [0.3, 0.4) is 0 Å². The molecule has 136 valence electrons. The van der Waals surface area contributed by atoms with Gasteiger partial charge in [-0.15, -0.1) is 11.3 Å². The molecule has 4 rings (SSSR count). The Morgan fingerprint density at radius 3 is 2.69 bits per heavy atom. The smallest absolute Gasteiger partial charge is 0.264 e. The molecule has 0 radical (unpaired) electrons. The number of benzene rings is 1. The van der Waals surface area contributed by atoms with Crippen molar-refractivity contribution in [3.8, 4) is 5.69 Å². The van der Waals surface area contributed by atoms with E-state index in [9.17, 15) is 4.79 Å². The van der Waals surface area contributed by atoms with Crippen molar-refractivity contribution in [1.29, 1.82) is 0 Å². The standard InChI is InChI=1S/C19H21ClN4OS/c1-13-16-12-17(18(25)23-9-3-8-22(2)10-11-23)26-19(16)24(21-13)15-6-4-14(20)5-7-15/h4-7,12H,3,8-11H2,1-2H3. The molecule has 1 fully saturated rings. The quantitative estimate of drug-likeness (QED) is 0.670. The van der Waals surface area contributed by atoms with Crippen LogP contribution < -0.4 is 0 Å². The van der Waals surface area contributed by atoms with Crippen molar-refractivity contribution in [3.63, 3.8) is 0 Å². The first-order valence-corrected chi connectivity index (χ1v) is 9.95. The second-order valence-electron chi connectivity index (χ2n) is 6.75. The van der Waals surface area contributed by atoms with Gasteiger partial charge in [-0.05, 0) is 57.3 Å². The summed E-state index contributed by atoms with van der Waals surface area (Å²) in [7, 11) is 2.11. The summed E-state index contributed by atoms with van der Waals surface area (Å²) in [6.07, 6.45) is 1.02. The molecule has 1 aromatic carbocycles. The Kier molecular flexibility index (Phi) is 4.73. The minimum Gasteiger partial charge on any atom is -0.337 e. The van der Waals surface area contributed by atoms with Crippen LogP contribution in [-0.2, 0) is 0 Å². The van der Waals surface area contributed by atoms with Crippen molar-refractivity contribution < 1.29 is 4.79 Å². The molecule has 3 heterocycles. The topological polar surface area (TPSA) is 41.4 Å². The molecule has 2 aromatic heterocycles. The molecule has 0 unspecified atom stereocenters. The van der Waals surface area contributed by atoms with Gasteiger partial charge in [0, 0.05) is 30.0 Å². The van der Waals surface area contributed by atoms with Crippen LogP contribution in [0.5, 0.6) is 0 Å². The molecule has 0 N–H and O–H groups in total. The van der Waals surface area contributed by atoms with Gasteiger partial charge in [0.25, 0.3) is 5.91 Å². The van der Waals surface area contributed by atoms with Gasteiger partial charge < -0.3 is 9.80 Å². The average Bonchev–Trinajstić information content (AvgIpc) is 3.11. The summed E-state index contributed by atoms with van der Waals surface area (Å²) in [5.74, 6) is 0.128. The molecule has 1 amide bonds. The number of amides is 1. The van der Waals surface area contributed by atoms with E-state index in [-0.39, 0.29) is 5.91 Å². The first-order chi connectivity index (χ1) is 12.5. The predicted octanol–water partition coefficient (Wildman–Crippen LogP) is 3.83. The Morgan fingerprint density at radius 1 is 1.15 bits per heavy atom. The Labute approximate surface area is 161 Å². The first kappa shape index (κ1) is 17.5. The summed E-state index contributed by atoms with van der Waals surface area (Å²) < 4.78 is 1.90. The molecule has 0 saturated carbocycles. The first-order valence-electron chi connectivity index (χ1n) is 8.76. The number of hydrogen-bond acceptors (Lipinski definition) is 4. The molecule has 3 aromatic rings. The zero-order chi connectivity index (χ0) is 18.3. The van der Waals surface area contributed by atoms with E-state index < -0.39 is 0 Å². The molecule has 0 bridgehead atoms. The van der Waals surface area contributed by atoms with Gasteiger partial charge >= 0.3 is 0 Å². The Balaban J connectivity index is 1.68. The van der Waals surface area contributed by atoms with Crippen LogP contribution in [0.25, 0.3) is 15.9 Å². The average molecular weight is 389 g/mol. The van der Waals surface area contributed by atoms with Crippen molar-refractivity contribution in [3.05, 3.63) is 45.9 Å². The number of hydrogen-bond donors (Lipinski definition) is 0. The molecular formula is C19H21ClN4OS. The van der Waals surface area contributed by atoms with Crippen molar-refractivity contribution in [1.82, 2.24) is 19.6 Å². The van der Waals surface area contributed by atoms with E-state index in [1.54, 1.807) is 0 Å². The third-order valence-electron chi connectivity index (χ3n) is 4.83. The van der Waals surface area contributed by atoms with Crippen molar-refractivity contribution >= 4 is 39.1 Å². The summed E-state index contributed by atoms with van der Waals surface area (Å²) >= 11 is 7.51. The highest BCUT2D eigenvalue weighted by Crippen LogP contribution is 2.31. The third kappa shape index (κ3) is 3.24. The van der Waals surface area contributed by atoms with Crippen LogP contribution >= 0.6 is 22.9 Å². The lowest BCUT2D eigenvalue weighted by Crippen LogP contribution is -2.34. The summed E-state index contributed by atoms with van der Waals surface area (Å²) in [6, 6.07) is 9.59. The van der Waals surface area contributed by atoms with Gasteiger partial charge in [-0.1, -0.05) is 11.6 Å². The minimum atomic E-state index is 0.128. The molecule has 0 spiro atoms. The number of rotatable bonds is 2. The van der Waals surface area contributed by atoms with Gasteiger partial charge in [0.15, 0.2) is 0 Å². The Morgan fingerprint density at radius 2 is 1.92 bits per heavy atom. The molecule has 1 saturated heterocycles. The van der Waals surface area contributed by atoms with Crippen LogP contribution in [0.1, 0.15) is 21.8 Å². The zero-order valence-corrected chi connectivity index (χ0v) is 16.5. The molecule has 1 aliphatic rings. The maximum Gasteiger partial charge on any atom is 0.264 e. The van der Waals surface area contributed by atoms with E-state index in [4.69, 9.17) is 11.6 Å². The number of thiophene rings is 1. The van der Waals surface area contributed by atoms with E-state index in [0.717, 1.165) is 59.1 Å². The van der Waals surface area contributed by atoms with Crippen molar-refractivity contribution in [2.24, 2.45) is 0 Å². The number of carbonyl (C=O) groups excluding carboxylic acids is 1. The fourth-order valence-electron chi connectivity index (χ4n) is 3.32. The summed E-state index contributed by atoms with van der Waals surface area (Å²) in [6.45, 7) is 5.55. The lowest BCUT2D eigenvalue weighted by molar-refractivity contribution is 0.0767. The van der Waals surface area contributed by atoms with Gasteiger partial charge in [-0.3, -0.25) is 4.79 Å².